The average molecular weight is 614 g/mol. The lowest BCUT2D eigenvalue weighted by Gasteiger charge is -2.50. The minimum atomic E-state index is -4.26. The summed E-state index contributed by atoms with van der Waals surface area (Å²) in [6, 6.07) is 0.137. The van der Waals surface area contributed by atoms with Crippen LogP contribution in [0.3, 0.4) is 0 Å². The van der Waals surface area contributed by atoms with Gasteiger partial charge in [-0.15, -0.1) is 0 Å². The summed E-state index contributed by atoms with van der Waals surface area (Å²) in [4.78, 5) is 42.4. The Kier molecular flexibility index (Phi) is 7.40. The Morgan fingerprint density at radius 3 is 2.36 bits per heavy atom. The van der Waals surface area contributed by atoms with Crippen LogP contribution in [0.4, 0.5) is 13.2 Å². The van der Waals surface area contributed by atoms with Crippen LogP contribution in [-0.2, 0) is 22.6 Å². The van der Waals surface area contributed by atoms with Crippen molar-refractivity contribution in [1.29, 1.82) is 0 Å². The number of alkyl halides is 3. The molecule has 5 rings (SSSR count). The zero-order chi connectivity index (χ0) is 31.0. The van der Waals surface area contributed by atoms with Crippen molar-refractivity contribution in [1.82, 2.24) is 9.80 Å². The fraction of sp³-hybridized carbons (Fsp3) is 0.536. The van der Waals surface area contributed by atoms with Crippen LogP contribution in [0.1, 0.15) is 40.7 Å². The first-order valence-corrected chi connectivity index (χ1v) is 13.8. The van der Waals surface area contributed by atoms with E-state index in [0.717, 1.165) is 0 Å². The number of primary amides is 1. The molecular formula is C28H31ClF3N3O7. The Labute approximate surface area is 243 Å². The SMILES string of the molecule is CN(C)[C@@H]1C(O)=C(C(N)=O)C(=O)[C@@]2(O)C(O)=C3C(=O)c4c(O)cc(CN5CCC(C(F)(F)F)CC5)c(Cl)c4C[C@H]3C[C@@H]12. The predicted molar refractivity (Wildman–Crippen MR) is 143 cm³/mol. The minimum absolute atomic E-state index is 0.0188. The number of aromatic hydroxyl groups is 1. The molecule has 1 aromatic rings. The molecule has 0 aromatic heterocycles. The number of benzene rings is 1. The van der Waals surface area contributed by atoms with Crippen molar-refractivity contribution in [3.05, 3.63) is 50.4 Å². The number of ketones is 2. The lowest BCUT2D eigenvalue weighted by atomic mass is 9.58. The molecule has 0 unspecified atom stereocenters. The van der Waals surface area contributed by atoms with E-state index in [-0.39, 0.29) is 67.0 Å². The number of likely N-dealkylation sites (N-methyl/N-ethyl adjacent to an activating group) is 1. The van der Waals surface area contributed by atoms with Gasteiger partial charge in [-0.2, -0.15) is 13.2 Å². The molecule has 1 heterocycles. The lowest BCUT2D eigenvalue weighted by molar-refractivity contribution is -0.185. The number of hydrogen-bond donors (Lipinski definition) is 5. The number of phenolic OH excluding ortho intramolecular Hbond substituents is 1. The predicted octanol–water partition coefficient (Wildman–Crippen LogP) is 2.55. The van der Waals surface area contributed by atoms with Gasteiger partial charge in [0, 0.05) is 23.1 Å². The molecule has 42 heavy (non-hydrogen) atoms. The number of piperidine rings is 1. The van der Waals surface area contributed by atoms with Crippen molar-refractivity contribution < 1.29 is 48.0 Å². The van der Waals surface area contributed by atoms with Crippen LogP contribution in [0.5, 0.6) is 5.75 Å². The molecule has 228 valence electrons. The van der Waals surface area contributed by atoms with E-state index in [1.54, 1.807) is 4.90 Å². The van der Waals surface area contributed by atoms with Crippen molar-refractivity contribution >= 4 is 29.1 Å². The second kappa shape index (κ2) is 10.2. The zero-order valence-electron chi connectivity index (χ0n) is 22.8. The first kappa shape index (κ1) is 30.3. The molecule has 0 saturated carbocycles. The molecule has 6 N–H and O–H groups in total. The molecule has 0 spiro atoms. The molecule has 1 fully saturated rings. The van der Waals surface area contributed by atoms with Gasteiger partial charge in [0.05, 0.1) is 17.5 Å². The number of allylic oxidation sites excluding steroid dienone is 1. The molecule has 3 aliphatic carbocycles. The maximum atomic E-state index is 13.7. The maximum absolute atomic E-state index is 13.7. The van der Waals surface area contributed by atoms with E-state index in [9.17, 15) is 48.0 Å². The van der Waals surface area contributed by atoms with Crippen molar-refractivity contribution in [3.63, 3.8) is 0 Å². The monoisotopic (exact) mass is 613 g/mol. The molecule has 4 atom stereocenters. The smallest absolute Gasteiger partial charge is 0.391 e. The second-order valence-electron chi connectivity index (χ2n) is 11.8. The third kappa shape index (κ3) is 4.48. The maximum Gasteiger partial charge on any atom is 0.391 e. The number of likely N-dealkylation sites (tertiary alicyclic amines) is 1. The van der Waals surface area contributed by atoms with Gasteiger partial charge in [0.25, 0.3) is 5.91 Å². The minimum Gasteiger partial charge on any atom is -0.510 e. The Morgan fingerprint density at radius 1 is 1.19 bits per heavy atom. The van der Waals surface area contributed by atoms with E-state index in [2.05, 4.69) is 0 Å². The molecule has 1 aromatic carbocycles. The number of Topliss-reactive ketones (excluding diaryl/α,β-unsaturated/α-hetero) is 2. The summed E-state index contributed by atoms with van der Waals surface area (Å²) in [5, 5.41) is 44.9. The molecule has 10 nitrogen and oxygen atoms in total. The van der Waals surface area contributed by atoms with Gasteiger partial charge in [-0.25, -0.2) is 0 Å². The van der Waals surface area contributed by atoms with Gasteiger partial charge < -0.3 is 26.2 Å². The van der Waals surface area contributed by atoms with Gasteiger partial charge in [0.1, 0.15) is 22.8 Å². The van der Waals surface area contributed by atoms with E-state index in [4.69, 9.17) is 17.3 Å². The number of amides is 1. The summed E-state index contributed by atoms with van der Waals surface area (Å²) in [7, 11) is 3.07. The lowest BCUT2D eigenvalue weighted by Crippen LogP contribution is -2.63. The Bertz CT molecular complexity index is 1450. The standard InChI is InChI=1S/C28H31ClF3N3O7/c1-34(2)21-15-8-11-7-14-18(22(37)17(11)24(39)27(15,42)25(40)19(23(21)38)26(33)41)16(36)9-12(20(14)29)10-35-5-3-13(4-6-35)28(30,31)32/h9,11,13,15,21,36,38-39,42H,3-8,10H2,1-2H3,(H2,33,41)/t11-,15-,21-,27-/m0/s1. The Morgan fingerprint density at radius 2 is 1.81 bits per heavy atom. The molecular weight excluding hydrogens is 583 g/mol. The number of aliphatic hydroxyl groups excluding tert-OH is 2. The van der Waals surface area contributed by atoms with Crippen molar-refractivity contribution in [2.75, 3.05) is 27.2 Å². The van der Waals surface area contributed by atoms with Crippen LogP contribution < -0.4 is 5.73 Å². The summed E-state index contributed by atoms with van der Waals surface area (Å²) in [5.41, 5.74) is 1.86. The van der Waals surface area contributed by atoms with Crippen molar-refractivity contribution in [2.45, 2.75) is 50.0 Å². The number of carbonyl (C=O) groups is 3. The zero-order valence-corrected chi connectivity index (χ0v) is 23.6. The fourth-order valence-electron chi connectivity index (χ4n) is 7.13. The largest absolute Gasteiger partial charge is 0.510 e. The first-order chi connectivity index (χ1) is 19.5. The molecule has 1 saturated heterocycles. The highest BCUT2D eigenvalue weighted by Gasteiger charge is 2.63. The van der Waals surface area contributed by atoms with Gasteiger partial charge in [-0.3, -0.25) is 24.2 Å². The highest BCUT2D eigenvalue weighted by molar-refractivity contribution is 6.33. The molecule has 1 aliphatic heterocycles. The molecule has 4 aliphatic rings. The van der Waals surface area contributed by atoms with Crippen LogP contribution in [-0.4, -0.2) is 92.7 Å². The van der Waals surface area contributed by atoms with Gasteiger partial charge in [0.15, 0.2) is 11.4 Å². The number of fused-ring (bicyclic) bond motifs is 3. The molecule has 0 radical (unpaired) electrons. The van der Waals surface area contributed by atoms with E-state index in [1.807, 2.05) is 0 Å². The van der Waals surface area contributed by atoms with E-state index < -0.39 is 75.9 Å². The Balaban J connectivity index is 1.53. The Hall–Kier alpha value is -3.13. The average Bonchev–Trinajstić information content (AvgIpc) is 2.88. The van der Waals surface area contributed by atoms with Crippen LogP contribution in [0.2, 0.25) is 5.02 Å². The van der Waals surface area contributed by atoms with Crippen LogP contribution in [0, 0.1) is 17.8 Å². The van der Waals surface area contributed by atoms with Gasteiger partial charge in [-0.1, -0.05) is 11.6 Å². The first-order valence-electron chi connectivity index (χ1n) is 13.5. The van der Waals surface area contributed by atoms with Gasteiger partial charge in [0.2, 0.25) is 5.78 Å². The highest BCUT2D eigenvalue weighted by atomic mass is 35.5. The normalized spacial score (nSPS) is 29.1. The summed E-state index contributed by atoms with van der Waals surface area (Å²) in [6.45, 7) is 0.488. The summed E-state index contributed by atoms with van der Waals surface area (Å²) >= 11 is 6.74. The molecule has 14 heteroatoms. The van der Waals surface area contributed by atoms with Crippen LogP contribution in [0.15, 0.2) is 28.7 Å². The number of carbonyl (C=O) groups excluding carboxylic acids is 3. The van der Waals surface area contributed by atoms with E-state index in [0.29, 0.717) is 5.56 Å². The summed E-state index contributed by atoms with van der Waals surface area (Å²) in [6.07, 6.45) is -4.47. The molecule has 1 amide bonds. The van der Waals surface area contributed by atoms with Crippen molar-refractivity contribution in [3.8, 4) is 5.75 Å². The summed E-state index contributed by atoms with van der Waals surface area (Å²) in [5.74, 6) is -8.96. The van der Waals surface area contributed by atoms with Crippen molar-refractivity contribution in [2.24, 2.45) is 23.5 Å². The second-order valence-corrected chi connectivity index (χ2v) is 12.2. The van der Waals surface area contributed by atoms with Crippen LogP contribution >= 0.6 is 11.6 Å². The number of halogens is 4. The third-order valence-corrected chi connectivity index (χ3v) is 9.65. The quantitative estimate of drug-likeness (QED) is 0.321. The number of nitrogens with two attached hydrogens (primary N) is 1. The third-order valence-electron chi connectivity index (χ3n) is 9.18. The van der Waals surface area contributed by atoms with E-state index >= 15 is 0 Å². The van der Waals surface area contributed by atoms with Gasteiger partial charge in [-0.05, 0) is 76.0 Å². The number of aliphatic hydroxyl groups is 3. The number of nitrogens with zero attached hydrogens (tertiary/aromatic N) is 2. The van der Waals surface area contributed by atoms with Gasteiger partial charge >= 0.3 is 6.18 Å². The summed E-state index contributed by atoms with van der Waals surface area (Å²) < 4.78 is 39.3. The van der Waals surface area contributed by atoms with E-state index in [1.165, 1.54) is 25.1 Å². The topological polar surface area (TPSA) is 165 Å². The number of phenols is 1. The number of hydrogen-bond acceptors (Lipinski definition) is 9. The van der Waals surface area contributed by atoms with Crippen LogP contribution in [0.25, 0.3) is 0 Å². The molecule has 0 bridgehead atoms. The fourth-order valence-corrected chi connectivity index (χ4v) is 7.41. The number of rotatable bonds is 4. The highest BCUT2D eigenvalue weighted by Crippen LogP contribution is 2.53.